The highest BCUT2D eigenvalue weighted by Crippen LogP contribution is 2.28. The van der Waals surface area contributed by atoms with Gasteiger partial charge < -0.3 is 0 Å². The van der Waals surface area contributed by atoms with Crippen LogP contribution in [0.4, 0.5) is 4.39 Å². The molecule has 3 rings (SSSR count). The molecule has 0 saturated carbocycles. The predicted octanol–water partition coefficient (Wildman–Crippen LogP) is 8.45. The monoisotopic (exact) mass is 471 g/mol. The first-order chi connectivity index (χ1) is 15.0. The highest BCUT2D eigenvalue weighted by molar-refractivity contribution is 6.31. The predicted molar refractivity (Wildman–Crippen MR) is 132 cm³/mol. The Kier molecular flexibility index (Phi) is 11.1. The maximum atomic E-state index is 12.2. The molecule has 0 bridgehead atoms. The van der Waals surface area contributed by atoms with Crippen LogP contribution in [0.25, 0.3) is 0 Å². The van der Waals surface area contributed by atoms with Gasteiger partial charge in [0.1, 0.15) is 5.82 Å². The average molecular weight is 472 g/mol. The summed E-state index contributed by atoms with van der Waals surface area (Å²) in [6.45, 7) is 9.53. The Morgan fingerprint density at radius 1 is 0.906 bits per heavy atom. The molecule has 0 heterocycles. The molecule has 0 aliphatic heterocycles. The smallest absolute Gasteiger partial charge is 0.165 e. The maximum Gasteiger partial charge on any atom is 0.165 e. The van der Waals surface area contributed by atoms with Gasteiger partial charge in [0.15, 0.2) is 5.78 Å². The lowest BCUT2D eigenvalue weighted by Gasteiger charge is -2.16. The lowest BCUT2D eigenvalue weighted by Crippen LogP contribution is -2.14. The summed E-state index contributed by atoms with van der Waals surface area (Å²) in [5, 5.41) is 9.69. The molecule has 0 saturated heterocycles. The summed E-state index contributed by atoms with van der Waals surface area (Å²) in [5.41, 5.74) is 2.30. The minimum atomic E-state index is -0.502. The summed E-state index contributed by atoms with van der Waals surface area (Å²) < 4.78 is 12.2. The van der Waals surface area contributed by atoms with Gasteiger partial charge in [-0.25, -0.2) is 4.39 Å². The van der Waals surface area contributed by atoms with Crippen molar-refractivity contribution in [3.05, 3.63) is 105 Å². The van der Waals surface area contributed by atoms with E-state index in [0.29, 0.717) is 5.02 Å². The molecular weight excluding hydrogens is 444 g/mol. The van der Waals surface area contributed by atoms with E-state index in [1.807, 2.05) is 77.1 Å². The molecule has 0 fully saturated rings. The fraction of sp³-hybridized carbons (Fsp3) is 0.259. The van der Waals surface area contributed by atoms with E-state index in [1.54, 1.807) is 18.2 Å². The van der Waals surface area contributed by atoms with Crippen LogP contribution in [-0.2, 0) is 5.41 Å². The Hall–Kier alpha value is -2.67. The number of nitrogens with zero attached hydrogens (tertiary/aromatic N) is 1. The van der Waals surface area contributed by atoms with E-state index >= 15 is 0 Å². The van der Waals surface area contributed by atoms with E-state index in [1.165, 1.54) is 12.1 Å². The highest BCUT2D eigenvalue weighted by Gasteiger charge is 2.21. The molecule has 2 nitrogen and oxygen atoms in total. The van der Waals surface area contributed by atoms with E-state index in [-0.39, 0.29) is 22.5 Å². The van der Waals surface area contributed by atoms with E-state index in [2.05, 4.69) is 6.07 Å². The van der Waals surface area contributed by atoms with Crippen molar-refractivity contribution in [3.8, 4) is 6.07 Å². The van der Waals surface area contributed by atoms with Crippen molar-refractivity contribution in [1.29, 1.82) is 5.26 Å². The third kappa shape index (κ3) is 8.46. The molecule has 0 N–H and O–H groups in total. The second-order valence-corrected chi connectivity index (χ2v) is 8.78. The Bertz CT molecular complexity index is 1050. The molecule has 0 atom stereocenters. The quantitative estimate of drug-likeness (QED) is 0.359. The van der Waals surface area contributed by atoms with Gasteiger partial charge in [-0.3, -0.25) is 4.79 Å². The van der Waals surface area contributed by atoms with Crippen molar-refractivity contribution in [2.24, 2.45) is 5.92 Å². The van der Waals surface area contributed by atoms with Gasteiger partial charge in [-0.05, 0) is 50.1 Å². The Morgan fingerprint density at radius 3 is 1.84 bits per heavy atom. The first-order valence-corrected chi connectivity index (χ1v) is 10.9. The average Bonchev–Trinajstić information content (AvgIpc) is 2.77. The molecule has 168 valence electrons. The molecule has 0 spiro atoms. The Morgan fingerprint density at radius 2 is 1.41 bits per heavy atom. The molecular formula is C27H28Cl2FNO. The summed E-state index contributed by atoms with van der Waals surface area (Å²) in [7, 11) is 0. The molecule has 0 aliphatic carbocycles. The van der Waals surface area contributed by atoms with Crippen molar-refractivity contribution < 1.29 is 9.18 Å². The Labute approximate surface area is 200 Å². The number of hydrogen-bond donors (Lipinski definition) is 0. The zero-order valence-corrected chi connectivity index (χ0v) is 20.5. The summed E-state index contributed by atoms with van der Waals surface area (Å²) in [5.74, 6) is -0.0478. The first kappa shape index (κ1) is 27.4. The number of hydrogen-bond acceptors (Lipinski definition) is 2. The van der Waals surface area contributed by atoms with Gasteiger partial charge in [-0.1, -0.05) is 91.6 Å². The normalized spacial score (nSPS) is 10.2. The molecule has 0 amide bonds. The fourth-order valence-electron chi connectivity index (χ4n) is 2.63. The number of benzene rings is 3. The van der Waals surface area contributed by atoms with E-state index in [4.69, 9.17) is 28.5 Å². The lowest BCUT2D eigenvalue weighted by molar-refractivity contribution is 0.0939. The molecule has 5 heteroatoms. The zero-order valence-electron chi connectivity index (χ0n) is 19.0. The van der Waals surface area contributed by atoms with Gasteiger partial charge in [-0.15, -0.1) is 0 Å². The van der Waals surface area contributed by atoms with Gasteiger partial charge in [0, 0.05) is 16.5 Å². The SMILES string of the molecule is CC(C)(C#N)c1ccccc1Cl.Cc1ccccc1C(=O)C(C)C.Fc1ccccc1Cl. The van der Waals surface area contributed by atoms with Crippen LogP contribution < -0.4 is 0 Å². The van der Waals surface area contributed by atoms with Gasteiger partial charge in [0.05, 0.1) is 16.5 Å². The van der Waals surface area contributed by atoms with Gasteiger partial charge in [0.25, 0.3) is 0 Å². The van der Waals surface area contributed by atoms with Gasteiger partial charge in [-0.2, -0.15) is 5.26 Å². The van der Waals surface area contributed by atoms with Crippen LogP contribution in [0.5, 0.6) is 0 Å². The van der Waals surface area contributed by atoms with E-state index < -0.39 is 5.41 Å². The molecule has 0 aliphatic rings. The fourth-order valence-corrected chi connectivity index (χ4v) is 3.14. The van der Waals surface area contributed by atoms with Crippen LogP contribution in [0.2, 0.25) is 10.0 Å². The van der Waals surface area contributed by atoms with Crippen LogP contribution in [0, 0.1) is 30.0 Å². The minimum Gasteiger partial charge on any atom is -0.294 e. The van der Waals surface area contributed by atoms with Crippen molar-refractivity contribution in [3.63, 3.8) is 0 Å². The number of rotatable bonds is 3. The number of Topliss-reactive ketones (excluding diaryl/α,β-unsaturated/α-hetero) is 1. The number of aryl methyl sites for hydroxylation is 1. The van der Waals surface area contributed by atoms with Gasteiger partial charge >= 0.3 is 0 Å². The van der Waals surface area contributed by atoms with Crippen molar-refractivity contribution in [1.82, 2.24) is 0 Å². The minimum absolute atomic E-state index is 0.0890. The van der Waals surface area contributed by atoms with Crippen molar-refractivity contribution in [2.75, 3.05) is 0 Å². The number of carbonyl (C=O) groups excluding carboxylic acids is 1. The largest absolute Gasteiger partial charge is 0.294 e. The van der Waals surface area contributed by atoms with Crippen LogP contribution >= 0.6 is 23.2 Å². The maximum absolute atomic E-state index is 12.2. The highest BCUT2D eigenvalue weighted by atomic mass is 35.5. The van der Waals surface area contributed by atoms with Crippen LogP contribution in [0.3, 0.4) is 0 Å². The molecule has 3 aromatic carbocycles. The standard InChI is InChI=1S/C11H14O.C10H10ClN.C6H4ClF/c1-8(2)11(12)10-7-5-4-6-9(10)3;1-10(2,7-12)8-5-3-4-6-9(8)11;7-5-3-1-2-4-6(5)8/h4-8H,1-3H3;3-6H,1-2H3;1-4H. The third-order valence-corrected chi connectivity index (χ3v) is 5.22. The summed E-state index contributed by atoms with van der Waals surface area (Å²) in [6, 6.07) is 23.5. The number of nitriles is 1. The van der Waals surface area contributed by atoms with Crippen LogP contribution in [0.1, 0.15) is 49.2 Å². The first-order valence-electron chi connectivity index (χ1n) is 10.2. The van der Waals surface area contributed by atoms with Crippen LogP contribution in [0.15, 0.2) is 72.8 Å². The Balaban J connectivity index is 0.000000245. The summed E-state index contributed by atoms with van der Waals surface area (Å²) in [4.78, 5) is 11.6. The molecule has 32 heavy (non-hydrogen) atoms. The number of halogens is 3. The zero-order chi connectivity index (χ0) is 24.3. The number of ketones is 1. The van der Waals surface area contributed by atoms with Crippen molar-refractivity contribution in [2.45, 2.75) is 40.0 Å². The second kappa shape index (κ2) is 13.0. The summed E-state index contributed by atoms with van der Waals surface area (Å²) >= 11 is 11.3. The molecule has 3 aromatic rings. The topological polar surface area (TPSA) is 40.9 Å². The molecule has 0 unspecified atom stereocenters. The number of carbonyl (C=O) groups is 1. The van der Waals surface area contributed by atoms with Crippen molar-refractivity contribution >= 4 is 29.0 Å². The summed E-state index contributed by atoms with van der Waals surface area (Å²) in [6.07, 6.45) is 0. The van der Waals surface area contributed by atoms with E-state index in [9.17, 15) is 9.18 Å². The molecule has 0 aromatic heterocycles. The lowest BCUT2D eigenvalue weighted by atomic mass is 9.86. The van der Waals surface area contributed by atoms with Crippen LogP contribution in [-0.4, -0.2) is 5.78 Å². The van der Waals surface area contributed by atoms with Gasteiger partial charge in [0.2, 0.25) is 0 Å². The third-order valence-electron chi connectivity index (χ3n) is 4.59. The molecule has 0 radical (unpaired) electrons. The van der Waals surface area contributed by atoms with E-state index in [0.717, 1.165) is 16.7 Å². The second-order valence-electron chi connectivity index (χ2n) is 7.96.